The molecule has 2 fully saturated rings. The first-order valence-corrected chi connectivity index (χ1v) is 8.39. The minimum atomic E-state index is -0.270. The Balaban J connectivity index is 1.69. The topological polar surface area (TPSA) is 62.4 Å². The van der Waals surface area contributed by atoms with E-state index in [0.717, 1.165) is 24.8 Å². The van der Waals surface area contributed by atoms with E-state index in [0.29, 0.717) is 12.3 Å². The zero-order valence-electron chi connectivity index (χ0n) is 13.2. The van der Waals surface area contributed by atoms with Crippen molar-refractivity contribution in [3.63, 3.8) is 0 Å². The number of aromatic nitrogens is 2. The van der Waals surface area contributed by atoms with Crippen LogP contribution in [0.2, 0.25) is 0 Å². The standard InChI is InChI=1S/C16H27N3O2/c1-11(2)15-17-16(21-18-15)14-8-13(20)10-19(14)9-12-6-4-3-5-7-12/h11-14,20H,3-10H2,1-2H3/t13-,14+/m1/s1. The molecular formula is C16H27N3O2. The number of hydrogen-bond acceptors (Lipinski definition) is 5. The van der Waals surface area contributed by atoms with E-state index in [9.17, 15) is 5.11 Å². The molecule has 0 spiro atoms. The molecule has 2 heterocycles. The summed E-state index contributed by atoms with van der Waals surface area (Å²) in [6, 6.07) is 0.0990. The van der Waals surface area contributed by atoms with Gasteiger partial charge in [-0.1, -0.05) is 38.3 Å². The van der Waals surface area contributed by atoms with Crippen LogP contribution in [0, 0.1) is 5.92 Å². The normalized spacial score (nSPS) is 28.6. The number of nitrogens with zero attached hydrogens (tertiary/aromatic N) is 3. The molecule has 1 aromatic heterocycles. The minimum absolute atomic E-state index is 0.0990. The van der Waals surface area contributed by atoms with Crippen LogP contribution in [-0.2, 0) is 0 Å². The van der Waals surface area contributed by atoms with Crippen molar-refractivity contribution in [2.45, 2.75) is 70.4 Å². The van der Waals surface area contributed by atoms with E-state index in [-0.39, 0.29) is 18.1 Å². The molecular weight excluding hydrogens is 266 g/mol. The third-order valence-electron chi connectivity index (χ3n) is 4.86. The van der Waals surface area contributed by atoms with Crippen LogP contribution in [0.15, 0.2) is 4.52 Å². The molecule has 0 bridgehead atoms. The monoisotopic (exact) mass is 293 g/mol. The summed E-state index contributed by atoms with van der Waals surface area (Å²) in [4.78, 5) is 6.90. The fraction of sp³-hybridized carbons (Fsp3) is 0.875. The van der Waals surface area contributed by atoms with E-state index in [2.05, 4.69) is 28.9 Å². The van der Waals surface area contributed by atoms with Crippen LogP contribution < -0.4 is 0 Å². The van der Waals surface area contributed by atoms with Gasteiger partial charge in [-0.2, -0.15) is 4.98 Å². The van der Waals surface area contributed by atoms with Crippen molar-refractivity contribution in [3.8, 4) is 0 Å². The quantitative estimate of drug-likeness (QED) is 0.925. The average molecular weight is 293 g/mol. The molecule has 1 aromatic rings. The van der Waals surface area contributed by atoms with Gasteiger partial charge in [-0.3, -0.25) is 4.90 Å². The van der Waals surface area contributed by atoms with E-state index in [1.807, 2.05) is 0 Å². The maximum Gasteiger partial charge on any atom is 0.244 e. The van der Waals surface area contributed by atoms with Crippen LogP contribution in [0.4, 0.5) is 0 Å². The summed E-state index contributed by atoms with van der Waals surface area (Å²) >= 11 is 0. The average Bonchev–Trinajstić information content (AvgIpc) is 3.07. The van der Waals surface area contributed by atoms with E-state index in [1.165, 1.54) is 32.1 Å². The molecule has 0 radical (unpaired) electrons. The SMILES string of the molecule is CC(C)c1noc([C@@H]2C[C@@H](O)CN2CC2CCCCC2)n1. The largest absolute Gasteiger partial charge is 0.392 e. The van der Waals surface area contributed by atoms with Gasteiger partial charge in [-0.25, -0.2) is 0 Å². The fourth-order valence-electron chi connectivity index (χ4n) is 3.66. The van der Waals surface area contributed by atoms with Gasteiger partial charge in [0.2, 0.25) is 5.89 Å². The Hall–Kier alpha value is -0.940. The Labute approximate surface area is 126 Å². The van der Waals surface area contributed by atoms with Crippen molar-refractivity contribution in [2.75, 3.05) is 13.1 Å². The van der Waals surface area contributed by atoms with Crippen LogP contribution in [-0.4, -0.2) is 39.3 Å². The predicted octanol–water partition coefficient (Wildman–Crippen LogP) is 2.88. The Kier molecular flexibility index (Phi) is 4.60. The summed E-state index contributed by atoms with van der Waals surface area (Å²) in [7, 11) is 0. The Morgan fingerprint density at radius 1 is 1.29 bits per heavy atom. The van der Waals surface area contributed by atoms with Crippen molar-refractivity contribution in [3.05, 3.63) is 11.7 Å². The van der Waals surface area contributed by atoms with Gasteiger partial charge in [0.15, 0.2) is 5.82 Å². The Bertz CT molecular complexity index is 454. The van der Waals surface area contributed by atoms with Crippen molar-refractivity contribution < 1.29 is 9.63 Å². The molecule has 0 unspecified atom stereocenters. The van der Waals surface area contributed by atoms with Gasteiger partial charge in [-0.05, 0) is 25.2 Å². The first-order chi connectivity index (χ1) is 10.1. The molecule has 0 amide bonds. The van der Waals surface area contributed by atoms with Gasteiger partial charge in [0, 0.05) is 19.0 Å². The van der Waals surface area contributed by atoms with E-state index < -0.39 is 0 Å². The number of likely N-dealkylation sites (tertiary alicyclic amines) is 1. The Morgan fingerprint density at radius 3 is 2.71 bits per heavy atom. The predicted molar refractivity (Wildman–Crippen MR) is 79.9 cm³/mol. The lowest BCUT2D eigenvalue weighted by molar-refractivity contribution is 0.147. The fourth-order valence-corrected chi connectivity index (χ4v) is 3.66. The number of aliphatic hydroxyl groups excluding tert-OH is 1. The summed E-state index contributed by atoms with van der Waals surface area (Å²) in [6.07, 6.45) is 7.16. The van der Waals surface area contributed by atoms with Gasteiger partial charge in [0.25, 0.3) is 0 Å². The summed E-state index contributed by atoms with van der Waals surface area (Å²) in [5, 5.41) is 14.1. The number of aliphatic hydroxyl groups is 1. The highest BCUT2D eigenvalue weighted by Gasteiger charge is 2.37. The molecule has 5 heteroatoms. The van der Waals surface area contributed by atoms with Crippen LogP contribution in [0.25, 0.3) is 0 Å². The second-order valence-electron chi connectivity index (χ2n) is 7.01. The molecule has 5 nitrogen and oxygen atoms in total. The molecule has 1 saturated heterocycles. The van der Waals surface area contributed by atoms with Crippen LogP contribution in [0.3, 0.4) is 0 Å². The zero-order chi connectivity index (χ0) is 14.8. The van der Waals surface area contributed by atoms with Crippen molar-refractivity contribution in [2.24, 2.45) is 5.92 Å². The highest BCUT2D eigenvalue weighted by molar-refractivity contribution is 5.01. The maximum absolute atomic E-state index is 10.0. The van der Waals surface area contributed by atoms with Gasteiger partial charge in [0.1, 0.15) is 0 Å². The van der Waals surface area contributed by atoms with E-state index >= 15 is 0 Å². The maximum atomic E-state index is 10.0. The van der Waals surface area contributed by atoms with Gasteiger partial charge >= 0.3 is 0 Å². The second kappa shape index (κ2) is 6.44. The third kappa shape index (κ3) is 3.46. The second-order valence-corrected chi connectivity index (χ2v) is 7.01. The smallest absolute Gasteiger partial charge is 0.244 e. The van der Waals surface area contributed by atoms with Crippen molar-refractivity contribution in [1.82, 2.24) is 15.0 Å². The number of hydrogen-bond donors (Lipinski definition) is 1. The lowest BCUT2D eigenvalue weighted by atomic mass is 9.89. The molecule has 1 saturated carbocycles. The molecule has 3 rings (SSSR count). The molecule has 21 heavy (non-hydrogen) atoms. The molecule has 2 atom stereocenters. The zero-order valence-corrected chi connectivity index (χ0v) is 13.2. The van der Waals surface area contributed by atoms with Crippen LogP contribution in [0.1, 0.15) is 76.0 Å². The number of β-amino-alcohol motifs (C(OH)–C–C–N with tert-alkyl or cyclic N) is 1. The molecule has 1 N–H and O–H groups in total. The molecule has 0 aromatic carbocycles. The molecule has 1 aliphatic heterocycles. The van der Waals surface area contributed by atoms with Crippen molar-refractivity contribution >= 4 is 0 Å². The Morgan fingerprint density at radius 2 is 2.05 bits per heavy atom. The van der Waals surface area contributed by atoms with Crippen molar-refractivity contribution in [1.29, 1.82) is 0 Å². The lowest BCUT2D eigenvalue weighted by Crippen LogP contribution is -2.31. The summed E-state index contributed by atoms with van der Waals surface area (Å²) in [6.45, 7) is 5.93. The molecule has 118 valence electrons. The summed E-state index contributed by atoms with van der Waals surface area (Å²) < 4.78 is 5.46. The molecule has 2 aliphatic rings. The number of rotatable bonds is 4. The first-order valence-electron chi connectivity index (χ1n) is 8.39. The molecule has 1 aliphatic carbocycles. The third-order valence-corrected chi connectivity index (χ3v) is 4.86. The van der Waals surface area contributed by atoms with E-state index in [1.54, 1.807) is 0 Å². The van der Waals surface area contributed by atoms with Gasteiger partial charge in [0.05, 0.1) is 12.1 Å². The summed E-state index contributed by atoms with van der Waals surface area (Å²) in [5.74, 6) is 2.50. The van der Waals surface area contributed by atoms with Gasteiger partial charge in [-0.15, -0.1) is 0 Å². The highest BCUT2D eigenvalue weighted by atomic mass is 16.5. The minimum Gasteiger partial charge on any atom is -0.392 e. The van der Waals surface area contributed by atoms with E-state index in [4.69, 9.17) is 4.52 Å². The summed E-state index contributed by atoms with van der Waals surface area (Å²) in [5.41, 5.74) is 0. The van der Waals surface area contributed by atoms with Gasteiger partial charge < -0.3 is 9.63 Å². The van der Waals surface area contributed by atoms with Crippen LogP contribution >= 0.6 is 0 Å². The lowest BCUT2D eigenvalue weighted by Gasteiger charge is -2.29. The first kappa shape index (κ1) is 15.0. The van der Waals surface area contributed by atoms with Crippen LogP contribution in [0.5, 0.6) is 0 Å². The highest BCUT2D eigenvalue weighted by Crippen LogP contribution is 2.34.